The Morgan fingerprint density at radius 2 is 2.09 bits per heavy atom. The number of halogens is 2. The first-order chi connectivity index (χ1) is 10.5. The van der Waals surface area contributed by atoms with E-state index in [2.05, 4.69) is 10.1 Å². The molecule has 0 spiro atoms. The third-order valence-electron chi connectivity index (χ3n) is 2.81. The highest BCUT2D eigenvalue weighted by atomic mass is 35.5. The lowest BCUT2D eigenvalue weighted by Crippen LogP contribution is -2.29. The van der Waals surface area contributed by atoms with Gasteiger partial charge in [-0.3, -0.25) is 0 Å². The lowest BCUT2D eigenvalue weighted by molar-refractivity contribution is -0.151. The second kappa shape index (κ2) is 7.47. The minimum Gasteiger partial charge on any atom is -0.463 e. The number of rotatable bonds is 6. The van der Waals surface area contributed by atoms with E-state index in [1.807, 2.05) is 6.92 Å². The molecule has 1 aromatic carbocycles. The summed E-state index contributed by atoms with van der Waals surface area (Å²) >= 11 is 11.8. The molecule has 0 saturated heterocycles. The summed E-state index contributed by atoms with van der Waals surface area (Å²) in [6.45, 7) is 3.85. The third kappa shape index (κ3) is 3.90. The number of esters is 1. The van der Waals surface area contributed by atoms with E-state index in [0.717, 1.165) is 0 Å². The van der Waals surface area contributed by atoms with Crippen LogP contribution in [0.4, 0.5) is 0 Å². The third-order valence-corrected chi connectivity index (χ3v) is 3.55. The smallest absolute Gasteiger partial charge is 0.347 e. The molecule has 0 amide bonds. The summed E-state index contributed by atoms with van der Waals surface area (Å²) in [4.78, 5) is 15.7. The molecule has 2 rings (SSSR count). The van der Waals surface area contributed by atoms with Crippen LogP contribution in [0.2, 0.25) is 10.0 Å². The fraction of sp³-hybridized carbons (Fsp3) is 0.357. The number of ether oxygens (including phenoxy) is 2. The van der Waals surface area contributed by atoms with Gasteiger partial charge in [-0.25, -0.2) is 9.48 Å². The van der Waals surface area contributed by atoms with Crippen molar-refractivity contribution in [2.45, 2.75) is 26.4 Å². The van der Waals surface area contributed by atoms with Crippen molar-refractivity contribution in [1.82, 2.24) is 14.8 Å². The molecule has 0 aliphatic rings. The highest BCUT2D eigenvalue weighted by Crippen LogP contribution is 2.24. The minimum absolute atomic E-state index is 0.0889. The molecule has 8 heteroatoms. The maximum absolute atomic E-state index is 11.7. The standard InChI is InChI=1S/C14H15Cl2N3O3/c1-3-12(13(20)21-4-2)22-14-17-8-19(18-14)9-5-6-10(15)11(16)7-9/h5-8,12H,3-4H2,1-2H3. The highest BCUT2D eigenvalue weighted by molar-refractivity contribution is 6.42. The Labute approximate surface area is 138 Å². The van der Waals surface area contributed by atoms with Gasteiger partial charge in [-0.2, -0.15) is 4.98 Å². The normalized spacial score (nSPS) is 12.0. The molecule has 0 bridgehead atoms. The van der Waals surface area contributed by atoms with Crippen molar-refractivity contribution in [3.63, 3.8) is 0 Å². The van der Waals surface area contributed by atoms with Crippen LogP contribution >= 0.6 is 23.2 Å². The van der Waals surface area contributed by atoms with Gasteiger partial charge >= 0.3 is 12.0 Å². The Balaban J connectivity index is 2.13. The molecular formula is C14H15Cl2N3O3. The van der Waals surface area contributed by atoms with Gasteiger partial charge in [-0.05, 0) is 31.5 Å². The largest absolute Gasteiger partial charge is 0.463 e. The van der Waals surface area contributed by atoms with E-state index in [-0.39, 0.29) is 6.01 Å². The summed E-state index contributed by atoms with van der Waals surface area (Å²) in [5.41, 5.74) is 0.681. The van der Waals surface area contributed by atoms with Crippen molar-refractivity contribution in [2.75, 3.05) is 6.61 Å². The Morgan fingerprint density at radius 3 is 2.73 bits per heavy atom. The van der Waals surface area contributed by atoms with Gasteiger partial charge in [0.05, 0.1) is 22.3 Å². The summed E-state index contributed by atoms with van der Waals surface area (Å²) in [7, 11) is 0. The van der Waals surface area contributed by atoms with Crippen LogP contribution in [0.25, 0.3) is 5.69 Å². The molecule has 0 fully saturated rings. The Kier molecular flexibility index (Phi) is 5.63. The lowest BCUT2D eigenvalue weighted by Gasteiger charge is -2.12. The molecule has 22 heavy (non-hydrogen) atoms. The zero-order valence-corrected chi connectivity index (χ0v) is 13.6. The predicted octanol–water partition coefficient (Wildman–Crippen LogP) is 3.29. The van der Waals surface area contributed by atoms with E-state index in [9.17, 15) is 4.79 Å². The van der Waals surface area contributed by atoms with Crippen LogP contribution in [-0.2, 0) is 9.53 Å². The molecule has 1 aromatic heterocycles. The van der Waals surface area contributed by atoms with Crippen molar-refractivity contribution in [1.29, 1.82) is 0 Å². The number of carbonyl (C=O) groups excluding carboxylic acids is 1. The zero-order chi connectivity index (χ0) is 16.1. The van der Waals surface area contributed by atoms with Crippen molar-refractivity contribution >= 4 is 29.2 Å². The summed E-state index contributed by atoms with van der Waals surface area (Å²) in [6.07, 6.45) is 1.19. The van der Waals surface area contributed by atoms with Gasteiger partial charge in [0.25, 0.3) is 0 Å². The van der Waals surface area contributed by atoms with Gasteiger partial charge in [0.15, 0.2) is 6.10 Å². The van der Waals surface area contributed by atoms with Gasteiger partial charge in [0.2, 0.25) is 0 Å². The van der Waals surface area contributed by atoms with Gasteiger partial charge in [0, 0.05) is 0 Å². The summed E-state index contributed by atoms with van der Waals surface area (Å²) in [5.74, 6) is -0.434. The van der Waals surface area contributed by atoms with Crippen molar-refractivity contribution in [3.05, 3.63) is 34.6 Å². The molecule has 0 aliphatic carbocycles. The van der Waals surface area contributed by atoms with E-state index in [4.69, 9.17) is 32.7 Å². The first-order valence-electron chi connectivity index (χ1n) is 6.75. The van der Waals surface area contributed by atoms with Crippen LogP contribution < -0.4 is 4.74 Å². The monoisotopic (exact) mass is 343 g/mol. The summed E-state index contributed by atoms with van der Waals surface area (Å²) < 4.78 is 11.9. The van der Waals surface area contributed by atoms with Gasteiger partial charge < -0.3 is 9.47 Å². The average molecular weight is 344 g/mol. The molecule has 0 aliphatic heterocycles. The number of hydrogen-bond acceptors (Lipinski definition) is 5. The Hall–Kier alpha value is -1.79. The van der Waals surface area contributed by atoms with Crippen molar-refractivity contribution in [3.8, 4) is 11.7 Å². The van der Waals surface area contributed by atoms with E-state index in [1.54, 1.807) is 25.1 Å². The minimum atomic E-state index is -0.732. The van der Waals surface area contributed by atoms with Crippen LogP contribution in [-0.4, -0.2) is 33.4 Å². The molecule has 6 nitrogen and oxygen atoms in total. The molecular weight excluding hydrogens is 329 g/mol. The van der Waals surface area contributed by atoms with Gasteiger partial charge in [-0.15, -0.1) is 5.10 Å². The van der Waals surface area contributed by atoms with E-state index >= 15 is 0 Å². The second-order valence-electron chi connectivity index (χ2n) is 4.34. The summed E-state index contributed by atoms with van der Waals surface area (Å²) in [6, 6.07) is 5.15. The summed E-state index contributed by atoms with van der Waals surface area (Å²) in [5, 5.41) is 5.02. The Morgan fingerprint density at radius 1 is 1.32 bits per heavy atom. The highest BCUT2D eigenvalue weighted by Gasteiger charge is 2.21. The van der Waals surface area contributed by atoms with E-state index in [1.165, 1.54) is 11.0 Å². The first kappa shape index (κ1) is 16.6. The molecule has 1 unspecified atom stereocenters. The van der Waals surface area contributed by atoms with Crippen LogP contribution in [0.3, 0.4) is 0 Å². The van der Waals surface area contributed by atoms with Crippen LogP contribution in [0.15, 0.2) is 24.5 Å². The molecule has 1 heterocycles. The molecule has 0 radical (unpaired) electrons. The van der Waals surface area contributed by atoms with Crippen LogP contribution in [0, 0.1) is 0 Å². The molecule has 1 atom stereocenters. The number of benzene rings is 1. The topological polar surface area (TPSA) is 66.2 Å². The van der Waals surface area contributed by atoms with Crippen molar-refractivity contribution in [2.24, 2.45) is 0 Å². The predicted molar refractivity (Wildman–Crippen MR) is 82.7 cm³/mol. The maximum Gasteiger partial charge on any atom is 0.347 e. The zero-order valence-electron chi connectivity index (χ0n) is 12.1. The number of carbonyl (C=O) groups is 1. The SMILES string of the molecule is CCOC(=O)C(CC)Oc1ncn(-c2ccc(Cl)c(Cl)c2)n1. The van der Waals surface area contributed by atoms with E-state index in [0.29, 0.717) is 28.8 Å². The number of aromatic nitrogens is 3. The van der Waals surface area contributed by atoms with Gasteiger partial charge in [0.1, 0.15) is 6.33 Å². The van der Waals surface area contributed by atoms with Crippen LogP contribution in [0.5, 0.6) is 6.01 Å². The fourth-order valence-corrected chi connectivity index (χ4v) is 2.01. The maximum atomic E-state index is 11.7. The molecule has 0 N–H and O–H groups in total. The van der Waals surface area contributed by atoms with Crippen LogP contribution in [0.1, 0.15) is 20.3 Å². The average Bonchev–Trinajstić information content (AvgIpc) is 2.96. The quantitative estimate of drug-likeness (QED) is 0.753. The van der Waals surface area contributed by atoms with E-state index < -0.39 is 12.1 Å². The Bertz CT molecular complexity index is 661. The number of nitrogens with zero attached hydrogens (tertiary/aromatic N) is 3. The first-order valence-corrected chi connectivity index (χ1v) is 7.51. The van der Waals surface area contributed by atoms with Crippen molar-refractivity contribution < 1.29 is 14.3 Å². The fourth-order valence-electron chi connectivity index (χ4n) is 1.71. The molecule has 118 valence electrons. The van der Waals surface area contributed by atoms with Gasteiger partial charge in [-0.1, -0.05) is 30.1 Å². The number of hydrogen-bond donors (Lipinski definition) is 0. The molecule has 0 saturated carbocycles. The lowest BCUT2D eigenvalue weighted by atomic mass is 10.3. The molecule has 2 aromatic rings. The second-order valence-corrected chi connectivity index (χ2v) is 5.15.